The lowest BCUT2D eigenvalue weighted by atomic mass is 9.86. The zero-order valence-corrected chi connectivity index (χ0v) is 12.0. The number of carbonyl (C=O) groups is 1. The van der Waals surface area contributed by atoms with Crippen LogP contribution in [0.4, 0.5) is 8.78 Å². The van der Waals surface area contributed by atoms with Gasteiger partial charge in [0.15, 0.2) is 0 Å². The van der Waals surface area contributed by atoms with E-state index in [1.165, 1.54) is 4.90 Å². The number of amides is 1. The summed E-state index contributed by atoms with van der Waals surface area (Å²) in [5.41, 5.74) is 0.314. The van der Waals surface area contributed by atoms with Gasteiger partial charge < -0.3 is 9.64 Å². The molecule has 1 saturated heterocycles. The van der Waals surface area contributed by atoms with E-state index >= 15 is 0 Å². The van der Waals surface area contributed by atoms with Crippen LogP contribution in [0, 0.1) is 5.41 Å². The summed E-state index contributed by atoms with van der Waals surface area (Å²) in [6.07, 6.45) is -0.0839. The number of morpholine rings is 1. The van der Waals surface area contributed by atoms with Crippen molar-refractivity contribution in [2.75, 3.05) is 26.3 Å². The number of nitrogens with zero attached hydrogens (tertiary/aromatic N) is 1. The van der Waals surface area contributed by atoms with Crippen molar-refractivity contribution in [1.82, 2.24) is 4.90 Å². The van der Waals surface area contributed by atoms with Crippen LogP contribution in [0.3, 0.4) is 0 Å². The first-order valence-corrected chi connectivity index (χ1v) is 6.53. The lowest BCUT2D eigenvalue weighted by molar-refractivity contribution is -0.161. The first-order valence-electron chi connectivity index (χ1n) is 6.53. The number of alkyl halides is 2. The maximum absolute atomic E-state index is 13.9. The van der Waals surface area contributed by atoms with Crippen LogP contribution in [0.25, 0.3) is 0 Å². The van der Waals surface area contributed by atoms with E-state index in [0.717, 1.165) is 0 Å². The third kappa shape index (κ3) is 5.27. The van der Waals surface area contributed by atoms with Crippen LogP contribution in [0.2, 0.25) is 0 Å². The summed E-state index contributed by atoms with van der Waals surface area (Å²) in [6, 6.07) is 0. The molecule has 1 heterocycles. The molecule has 0 unspecified atom stereocenters. The summed E-state index contributed by atoms with van der Waals surface area (Å²) < 4.78 is 32.9. The van der Waals surface area contributed by atoms with Crippen LogP contribution in [-0.4, -0.2) is 43.0 Å². The summed E-state index contributed by atoms with van der Waals surface area (Å²) >= 11 is 0. The Morgan fingerprint density at radius 2 is 1.74 bits per heavy atom. The molecule has 0 spiro atoms. The normalized spacial score (nSPS) is 17.4. The van der Waals surface area contributed by atoms with Crippen molar-refractivity contribution in [2.45, 2.75) is 39.5 Å². The Labute approximate surface area is 113 Å². The lowest BCUT2D eigenvalue weighted by Gasteiger charge is -2.31. The van der Waals surface area contributed by atoms with Gasteiger partial charge in [-0.2, -0.15) is 8.78 Å². The molecule has 0 saturated carbocycles. The quantitative estimate of drug-likeness (QED) is 0.738. The molecule has 1 aliphatic heterocycles. The molecule has 1 amide bonds. The second-order valence-corrected chi connectivity index (χ2v) is 6.27. The smallest absolute Gasteiger partial charge is 0.328 e. The first kappa shape index (κ1) is 16.1. The number of hydrogen-bond donors (Lipinski definition) is 0. The molecule has 0 bridgehead atoms. The van der Waals surface area contributed by atoms with Crippen molar-refractivity contribution in [3.8, 4) is 0 Å². The van der Waals surface area contributed by atoms with Crippen LogP contribution < -0.4 is 0 Å². The number of ether oxygens (including phenoxy) is 1. The minimum absolute atomic E-state index is 0.102. The molecule has 1 fully saturated rings. The van der Waals surface area contributed by atoms with E-state index in [-0.39, 0.29) is 18.5 Å². The average molecular weight is 275 g/mol. The summed E-state index contributed by atoms with van der Waals surface area (Å²) in [5, 5.41) is 0. The third-order valence-corrected chi connectivity index (χ3v) is 2.86. The van der Waals surface area contributed by atoms with Crippen molar-refractivity contribution in [1.29, 1.82) is 0 Å². The number of halogens is 2. The topological polar surface area (TPSA) is 29.5 Å². The van der Waals surface area contributed by atoms with Crippen LogP contribution >= 0.6 is 0 Å². The van der Waals surface area contributed by atoms with Crippen LogP contribution in [0.5, 0.6) is 0 Å². The van der Waals surface area contributed by atoms with Crippen molar-refractivity contribution < 1.29 is 18.3 Å². The molecular formula is C14H23F2NO2. The molecule has 1 rings (SSSR count). The van der Waals surface area contributed by atoms with Crippen LogP contribution in [0.15, 0.2) is 12.2 Å². The third-order valence-electron chi connectivity index (χ3n) is 2.86. The van der Waals surface area contributed by atoms with Gasteiger partial charge in [0.1, 0.15) is 0 Å². The molecule has 0 aromatic heterocycles. The van der Waals surface area contributed by atoms with Gasteiger partial charge >= 0.3 is 5.92 Å². The van der Waals surface area contributed by atoms with Crippen molar-refractivity contribution in [2.24, 2.45) is 5.41 Å². The maximum Gasteiger partial charge on any atom is 0.328 e. The Hall–Kier alpha value is -0.970. The molecular weight excluding hydrogens is 252 g/mol. The average Bonchev–Trinajstić information content (AvgIpc) is 2.25. The van der Waals surface area contributed by atoms with Gasteiger partial charge in [-0.05, 0) is 11.8 Å². The van der Waals surface area contributed by atoms with E-state index in [4.69, 9.17) is 4.74 Å². The number of allylic oxidation sites excluding steroid dienone is 1. The molecule has 0 aliphatic carbocycles. The van der Waals surface area contributed by atoms with Gasteiger partial charge in [0.2, 0.25) is 0 Å². The van der Waals surface area contributed by atoms with E-state index in [0.29, 0.717) is 25.2 Å². The molecule has 19 heavy (non-hydrogen) atoms. The van der Waals surface area contributed by atoms with E-state index in [2.05, 4.69) is 6.58 Å². The molecule has 0 aromatic carbocycles. The van der Waals surface area contributed by atoms with Gasteiger partial charge in [0, 0.05) is 19.5 Å². The fourth-order valence-electron chi connectivity index (χ4n) is 2.20. The SMILES string of the molecule is C=C(CC(C)(C)C)CC(F)(F)C(=O)N1CCOCC1. The Morgan fingerprint density at radius 3 is 2.21 bits per heavy atom. The minimum atomic E-state index is -3.36. The lowest BCUT2D eigenvalue weighted by Crippen LogP contribution is -2.48. The number of hydrogen-bond acceptors (Lipinski definition) is 2. The fourth-order valence-corrected chi connectivity index (χ4v) is 2.20. The molecule has 3 nitrogen and oxygen atoms in total. The summed E-state index contributed by atoms with van der Waals surface area (Å²) in [5.74, 6) is -4.47. The van der Waals surface area contributed by atoms with Crippen molar-refractivity contribution >= 4 is 5.91 Å². The largest absolute Gasteiger partial charge is 0.378 e. The van der Waals surface area contributed by atoms with E-state index in [1.807, 2.05) is 20.8 Å². The van der Waals surface area contributed by atoms with Crippen LogP contribution in [-0.2, 0) is 9.53 Å². The highest BCUT2D eigenvalue weighted by Crippen LogP contribution is 2.32. The highest BCUT2D eigenvalue weighted by atomic mass is 19.3. The fraction of sp³-hybridized carbons (Fsp3) is 0.786. The van der Waals surface area contributed by atoms with Gasteiger partial charge in [0.25, 0.3) is 5.91 Å². The summed E-state index contributed by atoms with van der Waals surface area (Å²) in [4.78, 5) is 13.0. The second-order valence-electron chi connectivity index (χ2n) is 6.27. The zero-order chi connectivity index (χ0) is 14.7. The van der Waals surface area contributed by atoms with Gasteiger partial charge in [0.05, 0.1) is 13.2 Å². The molecule has 5 heteroatoms. The Morgan fingerprint density at radius 1 is 1.21 bits per heavy atom. The van der Waals surface area contributed by atoms with E-state index < -0.39 is 18.3 Å². The van der Waals surface area contributed by atoms with Gasteiger partial charge in [-0.3, -0.25) is 4.79 Å². The number of rotatable bonds is 4. The monoisotopic (exact) mass is 275 g/mol. The molecule has 0 radical (unpaired) electrons. The van der Waals surface area contributed by atoms with E-state index in [1.54, 1.807) is 0 Å². The summed E-state index contributed by atoms with van der Waals surface area (Å²) in [7, 11) is 0. The highest BCUT2D eigenvalue weighted by molar-refractivity contribution is 5.83. The molecule has 0 aromatic rings. The molecule has 0 N–H and O–H groups in total. The van der Waals surface area contributed by atoms with Crippen LogP contribution in [0.1, 0.15) is 33.6 Å². The Balaban J connectivity index is 2.58. The second kappa shape index (κ2) is 5.99. The minimum Gasteiger partial charge on any atom is -0.378 e. The standard InChI is InChI=1S/C14H23F2NO2/c1-11(9-13(2,3)4)10-14(15,16)12(18)17-5-7-19-8-6-17/h1,5-10H2,2-4H3. The molecule has 0 atom stereocenters. The predicted molar refractivity (Wildman–Crippen MR) is 70.2 cm³/mol. The van der Waals surface area contributed by atoms with Crippen molar-refractivity contribution in [3.05, 3.63) is 12.2 Å². The zero-order valence-electron chi connectivity index (χ0n) is 12.0. The summed E-state index contributed by atoms with van der Waals surface area (Å²) in [6.45, 7) is 10.7. The maximum atomic E-state index is 13.9. The molecule has 1 aliphatic rings. The first-order chi connectivity index (χ1) is 8.62. The Kier molecular flexibility index (Phi) is 5.07. The highest BCUT2D eigenvalue weighted by Gasteiger charge is 2.42. The predicted octanol–water partition coefficient (Wildman–Crippen LogP) is 2.86. The van der Waals surface area contributed by atoms with Gasteiger partial charge in [-0.25, -0.2) is 0 Å². The Bertz CT molecular complexity index is 342. The molecule has 110 valence electrons. The van der Waals surface area contributed by atoms with Crippen molar-refractivity contribution in [3.63, 3.8) is 0 Å². The number of carbonyl (C=O) groups excluding carboxylic acids is 1. The van der Waals surface area contributed by atoms with Gasteiger partial charge in [-0.1, -0.05) is 32.9 Å². The van der Waals surface area contributed by atoms with E-state index in [9.17, 15) is 13.6 Å². The van der Waals surface area contributed by atoms with Gasteiger partial charge in [-0.15, -0.1) is 0 Å².